The lowest BCUT2D eigenvalue weighted by Gasteiger charge is -2.19. The second-order valence-electron chi connectivity index (χ2n) is 5.38. The molecule has 2 rings (SSSR count). The lowest BCUT2D eigenvalue weighted by molar-refractivity contribution is -0.137. The maximum Gasteiger partial charge on any atom is 0.322 e. The van der Waals surface area contributed by atoms with Crippen molar-refractivity contribution in [2.75, 3.05) is 5.75 Å². The van der Waals surface area contributed by atoms with Crippen molar-refractivity contribution in [1.29, 1.82) is 0 Å². The molecule has 1 aliphatic rings. The van der Waals surface area contributed by atoms with Crippen LogP contribution in [0.25, 0.3) is 0 Å². The smallest absolute Gasteiger partial charge is 0.322 e. The van der Waals surface area contributed by atoms with Crippen LogP contribution < -0.4 is 4.74 Å². The van der Waals surface area contributed by atoms with Crippen LogP contribution in [0.15, 0.2) is 24.3 Å². The van der Waals surface area contributed by atoms with Gasteiger partial charge in [0.2, 0.25) is 0 Å². The van der Waals surface area contributed by atoms with Gasteiger partial charge in [-0.3, -0.25) is 4.79 Å². The van der Waals surface area contributed by atoms with Crippen LogP contribution in [0.2, 0.25) is 0 Å². The Morgan fingerprint density at radius 1 is 1.40 bits per heavy atom. The summed E-state index contributed by atoms with van der Waals surface area (Å²) in [7, 11) is -3.75. The molecule has 1 aromatic rings. The van der Waals surface area contributed by atoms with Crippen LogP contribution in [0.3, 0.4) is 0 Å². The fourth-order valence-electron chi connectivity index (χ4n) is 2.56. The summed E-state index contributed by atoms with van der Waals surface area (Å²) < 4.78 is 30.1. The van der Waals surface area contributed by atoms with E-state index in [1.54, 1.807) is 19.9 Å². The Bertz CT molecular complexity index is 581. The summed E-state index contributed by atoms with van der Waals surface area (Å²) >= 11 is 0. The highest BCUT2D eigenvalue weighted by molar-refractivity contribution is 7.92. The third-order valence-electron chi connectivity index (χ3n) is 3.37. The second kappa shape index (κ2) is 5.44. The number of para-hydroxylation sites is 1. The molecule has 5 nitrogen and oxygen atoms in total. The molecule has 0 radical (unpaired) electrons. The van der Waals surface area contributed by atoms with Gasteiger partial charge in [0.15, 0.2) is 15.1 Å². The van der Waals surface area contributed by atoms with Crippen molar-refractivity contribution in [3.63, 3.8) is 0 Å². The van der Waals surface area contributed by atoms with Gasteiger partial charge in [-0.1, -0.05) is 32.0 Å². The summed E-state index contributed by atoms with van der Waals surface area (Å²) in [5, 5.41) is 7.73. The summed E-state index contributed by atoms with van der Waals surface area (Å²) in [6, 6.07) is 7.37. The Morgan fingerprint density at radius 3 is 2.60 bits per heavy atom. The lowest BCUT2D eigenvalue weighted by atomic mass is 10.1. The van der Waals surface area contributed by atoms with Gasteiger partial charge in [-0.2, -0.15) is 0 Å². The normalized spacial score (nSPS) is 19.4. The number of carbonyl (C=O) groups is 1. The molecular formula is C14H18O5S. The number of rotatable bonds is 5. The minimum atomic E-state index is -3.75. The number of ether oxygens (including phenoxy) is 1. The molecule has 0 amide bonds. The van der Waals surface area contributed by atoms with Gasteiger partial charge in [0, 0.05) is 6.42 Å². The van der Waals surface area contributed by atoms with Gasteiger partial charge in [-0.05, 0) is 17.5 Å². The van der Waals surface area contributed by atoms with Crippen LogP contribution in [0.4, 0.5) is 0 Å². The van der Waals surface area contributed by atoms with E-state index < -0.39 is 33.1 Å². The van der Waals surface area contributed by atoms with E-state index in [-0.39, 0.29) is 5.75 Å². The molecule has 0 saturated heterocycles. The number of aliphatic carboxylic acids is 1. The highest BCUT2D eigenvalue weighted by atomic mass is 32.2. The molecule has 0 saturated carbocycles. The zero-order chi connectivity index (χ0) is 14.9. The van der Waals surface area contributed by atoms with Crippen LogP contribution in [0.1, 0.15) is 19.4 Å². The molecule has 1 aliphatic heterocycles. The molecule has 0 aliphatic carbocycles. The Hall–Kier alpha value is -1.56. The third kappa shape index (κ3) is 2.95. The molecule has 0 spiro atoms. The van der Waals surface area contributed by atoms with E-state index in [0.29, 0.717) is 12.2 Å². The summed E-state index contributed by atoms with van der Waals surface area (Å²) in [6.07, 6.45) is -0.00201. The number of fused-ring (bicyclic) bond motifs is 1. The van der Waals surface area contributed by atoms with Crippen LogP contribution in [0.5, 0.6) is 5.75 Å². The summed E-state index contributed by atoms with van der Waals surface area (Å²) in [5.74, 6) is -1.35. The van der Waals surface area contributed by atoms with E-state index in [2.05, 4.69) is 0 Å². The van der Waals surface area contributed by atoms with Crippen LogP contribution in [0, 0.1) is 5.92 Å². The maximum absolute atomic E-state index is 12.3. The van der Waals surface area contributed by atoms with Crippen molar-refractivity contribution in [1.82, 2.24) is 0 Å². The van der Waals surface area contributed by atoms with Crippen LogP contribution in [-0.2, 0) is 21.1 Å². The Kier molecular flexibility index (Phi) is 4.04. The molecule has 2 unspecified atom stereocenters. The molecule has 1 heterocycles. The Labute approximate surface area is 118 Å². The highest BCUT2D eigenvalue weighted by Crippen LogP contribution is 2.29. The van der Waals surface area contributed by atoms with Gasteiger partial charge in [0.25, 0.3) is 0 Å². The van der Waals surface area contributed by atoms with Gasteiger partial charge in [-0.15, -0.1) is 0 Å². The fraction of sp³-hybridized carbons (Fsp3) is 0.500. The van der Waals surface area contributed by atoms with Crippen molar-refractivity contribution in [3.05, 3.63) is 29.8 Å². The predicted octanol–water partition coefficient (Wildman–Crippen LogP) is 1.51. The van der Waals surface area contributed by atoms with E-state index in [1.807, 2.05) is 18.2 Å². The first-order valence-corrected chi connectivity index (χ1v) is 8.21. The third-order valence-corrected chi connectivity index (χ3v) is 5.72. The first-order valence-electron chi connectivity index (χ1n) is 6.50. The fourth-order valence-corrected chi connectivity index (χ4v) is 4.61. The SMILES string of the molecule is CC(C)C(C(=O)O)S(=O)(=O)CC1Cc2ccccc2O1. The molecule has 1 aromatic carbocycles. The summed E-state index contributed by atoms with van der Waals surface area (Å²) in [5.41, 5.74) is 0.962. The Balaban J connectivity index is 2.13. The molecule has 1 N–H and O–H groups in total. The average Bonchev–Trinajstić information content (AvgIpc) is 2.67. The molecule has 6 heteroatoms. The zero-order valence-corrected chi connectivity index (χ0v) is 12.3. The summed E-state index contributed by atoms with van der Waals surface area (Å²) in [6.45, 7) is 3.20. The van der Waals surface area contributed by atoms with E-state index in [0.717, 1.165) is 5.56 Å². The van der Waals surface area contributed by atoms with Gasteiger partial charge < -0.3 is 9.84 Å². The van der Waals surface area contributed by atoms with Gasteiger partial charge >= 0.3 is 5.97 Å². The number of carboxylic acids is 1. The molecule has 110 valence electrons. The van der Waals surface area contributed by atoms with Crippen LogP contribution in [-0.4, -0.2) is 36.6 Å². The molecular weight excluding hydrogens is 280 g/mol. The summed E-state index contributed by atoms with van der Waals surface area (Å²) in [4.78, 5) is 11.2. The minimum absolute atomic E-state index is 0.267. The number of hydrogen-bond donors (Lipinski definition) is 1. The quantitative estimate of drug-likeness (QED) is 0.891. The van der Waals surface area contributed by atoms with Gasteiger partial charge in [-0.25, -0.2) is 8.42 Å². The van der Waals surface area contributed by atoms with Crippen molar-refractivity contribution < 1.29 is 23.1 Å². The largest absolute Gasteiger partial charge is 0.489 e. The number of carboxylic acid groups (broad SMARTS) is 1. The lowest BCUT2D eigenvalue weighted by Crippen LogP contribution is -2.40. The van der Waals surface area contributed by atoms with Gasteiger partial charge in [0.05, 0.1) is 5.75 Å². The molecule has 20 heavy (non-hydrogen) atoms. The first kappa shape index (κ1) is 14.8. The van der Waals surface area contributed by atoms with Gasteiger partial charge in [0.1, 0.15) is 11.9 Å². The Morgan fingerprint density at radius 2 is 2.05 bits per heavy atom. The van der Waals surface area contributed by atoms with Crippen molar-refractivity contribution in [3.8, 4) is 5.75 Å². The second-order valence-corrected chi connectivity index (χ2v) is 7.55. The van der Waals surface area contributed by atoms with Crippen molar-refractivity contribution in [2.24, 2.45) is 5.92 Å². The van der Waals surface area contributed by atoms with E-state index in [9.17, 15) is 13.2 Å². The molecule has 2 atom stereocenters. The molecule has 0 fully saturated rings. The van der Waals surface area contributed by atoms with Crippen molar-refractivity contribution >= 4 is 15.8 Å². The van der Waals surface area contributed by atoms with E-state index in [4.69, 9.17) is 9.84 Å². The average molecular weight is 298 g/mol. The number of benzene rings is 1. The number of sulfone groups is 1. The van der Waals surface area contributed by atoms with Crippen LogP contribution >= 0.6 is 0 Å². The molecule has 0 bridgehead atoms. The monoisotopic (exact) mass is 298 g/mol. The van der Waals surface area contributed by atoms with E-state index >= 15 is 0 Å². The topological polar surface area (TPSA) is 80.7 Å². The minimum Gasteiger partial charge on any atom is -0.489 e. The standard InChI is InChI=1S/C14H18O5S/c1-9(2)13(14(15)16)20(17,18)8-11-7-10-5-3-4-6-12(10)19-11/h3-6,9,11,13H,7-8H2,1-2H3,(H,15,16). The first-order chi connectivity index (χ1) is 9.31. The number of hydrogen-bond acceptors (Lipinski definition) is 4. The van der Waals surface area contributed by atoms with Crippen molar-refractivity contribution in [2.45, 2.75) is 31.6 Å². The zero-order valence-electron chi connectivity index (χ0n) is 11.4. The highest BCUT2D eigenvalue weighted by Gasteiger charge is 2.38. The van der Waals surface area contributed by atoms with E-state index in [1.165, 1.54) is 0 Å². The maximum atomic E-state index is 12.3. The molecule has 0 aromatic heterocycles. The predicted molar refractivity (Wildman–Crippen MR) is 74.6 cm³/mol.